The number of hydrogen-bond acceptors (Lipinski definition) is 2. The average Bonchev–Trinajstić information content (AvgIpc) is 2.48. The Bertz CT molecular complexity index is 396. The molecule has 2 N–H and O–H groups in total. The van der Waals surface area contributed by atoms with Gasteiger partial charge in [-0.2, -0.15) is 0 Å². The van der Waals surface area contributed by atoms with Gasteiger partial charge in [-0.25, -0.2) is 0 Å². The monoisotopic (exact) mass is 261 g/mol. The molecular weight excluding hydrogens is 238 g/mol. The lowest BCUT2D eigenvalue weighted by atomic mass is 9.84. The summed E-state index contributed by atoms with van der Waals surface area (Å²) in [4.78, 5) is 12.0. The van der Waals surface area contributed by atoms with Crippen LogP contribution in [-0.2, 0) is 4.79 Å². The van der Waals surface area contributed by atoms with E-state index in [0.29, 0.717) is 5.56 Å². The summed E-state index contributed by atoms with van der Waals surface area (Å²) in [5.74, 6) is 0.540. The fourth-order valence-electron chi connectivity index (χ4n) is 2.78. The molecule has 1 fully saturated rings. The number of nitrogens with one attached hydrogen (secondary N) is 1. The molecule has 2 rings (SSSR count). The zero-order chi connectivity index (χ0) is 13.7. The Morgan fingerprint density at radius 3 is 2.47 bits per heavy atom. The third kappa shape index (κ3) is 3.80. The largest absolute Gasteiger partial charge is 0.378 e. The van der Waals surface area contributed by atoms with E-state index in [0.717, 1.165) is 18.8 Å². The number of rotatable bonds is 4. The zero-order valence-electron chi connectivity index (χ0n) is 11.5. The van der Waals surface area contributed by atoms with Crippen molar-refractivity contribution in [3.8, 4) is 0 Å². The minimum atomic E-state index is -1.05. The summed E-state index contributed by atoms with van der Waals surface area (Å²) in [6.07, 6.45) is 4.61. The van der Waals surface area contributed by atoms with Gasteiger partial charge in [-0.15, -0.1) is 0 Å². The number of aliphatic hydroxyl groups is 1. The first-order valence-corrected chi connectivity index (χ1v) is 7.24. The molecule has 0 spiro atoms. The van der Waals surface area contributed by atoms with Crippen LogP contribution < -0.4 is 5.32 Å². The van der Waals surface area contributed by atoms with Crippen molar-refractivity contribution in [3.63, 3.8) is 0 Å². The minimum Gasteiger partial charge on any atom is -0.378 e. The maximum absolute atomic E-state index is 12.0. The second kappa shape index (κ2) is 6.71. The van der Waals surface area contributed by atoms with E-state index in [1.54, 1.807) is 12.1 Å². The van der Waals surface area contributed by atoms with E-state index in [4.69, 9.17) is 0 Å². The van der Waals surface area contributed by atoms with E-state index in [1.165, 1.54) is 19.3 Å². The minimum absolute atomic E-state index is 0.230. The van der Waals surface area contributed by atoms with E-state index in [-0.39, 0.29) is 11.9 Å². The molecule has 1 amide bonds. The molecule has 1 saturated carbocycles. The summed E-state index contributed by atoms with van der Waals surface area (Å²) in [6, 6.07) is 9.32. The summed E-state index contributed by atoms with van der Waals surface area (Å²) in [6.45, 7) is 2.22. The van der Waals surface area contributed by atoms with Crippen LogP contribution >= 0.6 is 0 Å². The molecule has 3 heteroatoms. The third-order valence-electron chi connectivity index (χ3n) is 4.13. The van der Waals surface area contributed by atoms with Gasteiger partial charge in [0, 0.05) is 6.04 Å². The van der Waals surface area contributed by atoms with Gasteiger partial charge < -0.3 is 10.4 Å². The van der Waals surface area contributed by atoms with Gasteiger partial charge >= 0.3 is 0 Å². The highest BCUT2D eigenvalue weighted by Gasteiger charge is 2.24. The number of carbonyl (C=O) groups is 1. The molecular formula is C16H23NO2. The Morgan fingerprint density at radius 2 is 1.89 bits per heavy atom. The van der Waals surface area contributed by atoms with Crippen molar-refractivity contribution in [2.24, 2.45) is 5.92 Å². The van der Waals surface area contributed by atoms with Gasteiger partial charge in [-0.05, 0) is 37.2 Å². The lowest BCUT2D eigenvalue weighted by Crippen LogP contribution is -2.40. The van der Waals surface area contributed by atoms with Crippen molar-refractivity contribution in [2.75, 3.05) is 0 Å². The molecule has 0 aliphatic heterocycles. The lowest BCUT2D eigenvalue weighted by Gasteiger charge is -2.29. The third-order valence-corrected chi connectivity index (χ3v) is 4.13. The molecule has 1 atom stereocenters. The van der Waals surface area contributed by atoms with Crippen LogP contribution in [0.1, 0.15) is 50.7 Å². The van der Waals surface area contributed by atoms with E-state index in [1.807, 2.05) is 18.2 Å². The van der Waals surface area contributed by atoms with Crippen LogP contribution in [0.4, 0.5) is 0 Å². The number of carbonyl (C=O) groups excluding carboxylic acids is 1. The molecule has 0 saturated heterocycles. The quantitative estimate of drug-likeness (QED) is 0.875. The van der Waals surface area contributed by atoms with Crippen LogP contribution in [-0.4, -0.2) is 17.1 Å². The van der Waals surface area contributed by atoms with Crippen molar-refractivity contribution < 1.29 is 9.90 Å². The first-order chi connectivity index (χ1) is 9.20. The molecule has 1 aliphatic carbocycles. The fourth-order valence-corrected chi connectivity index (χ4v) is 2.78. The first kappa shape index (κ1) is 14.1. The lowest BCUT2D eigenvalue weighted by molar-refractivity contribution is -0.130. The van der Waals surface area contributed by atoms with Crippen molar-refractivity contribution in [1.82, 2.24) is 5.32 Å². The molecule has 104 valence electrons. The van der Waals surface area contributed by atoms with E-state index >= 15 is 0 Å². The molecule has 1 unspecified atom stereocenters. The fraction of sp³-hybridized carbons (Fsp3) is 0.562. The summed E-state index contributed by atoms with van der Waals surface area (Å²) in [7, 11) is 0. The number of benzene rings is 1. The Labute approximate surface area is 115 Å². The van der Waals surface area contributed by atoms with Crippen molar-refractivity contribution >= 4 is 5.91 Å². The van der Waals surface area contributed by atoms with E-state index in [9.17, 15) is 9.90 Å². The van der Waals surface area contributed by atoms with Crippen LogP contribution in [0.3, 0.4) is 0 Å². The number of amides is 1. The standard InChI is InChI=1S/C16H23NO2/c1-2-12-8-10-14(11-9-12)17-16(19)15(18)13-6-4-3-5-7-13/h3-7,12,14-15,18H,2,8-11H2,1H3,(H,17,19). The Kier molecular flexibility index (Phi) is 4.97. The molecule has 0 heterocycles. The molecule has 0 aromatic heterocycles. The Morgan fingerprint density at radius 1 is 1.26 bits per heavy atom. The topological polar surface area (TPSA) is 49.3 Å². The normalized spacial score (nSPS) is 24.7. The highest BCUT2D eigenvalue weighted by atomic mass is 16.3. The molecule has 0 radical (unpaired) electrons. The smallest absolute Gasteiger partial charge is 0.253 e. The van der Waals surface area contributed by atoms with Crippen LogP contribution in [0.2, 0.25) is 0 Å². The highest BCUT2D eigenvalue weighted by molar-refractivity contribution is 5.82. The predicted octanol–water partition coefficient (Wildman–Crippen LogP) is 2.81. The number of hydrogen-bond donors (Lipinski definition) is 2. The first-order valence-electron chi connectivity index (χ1n) is 7.24. The molecule has 0 bridgehead atoms. The van der Waals surface area contributed by atoms with Gasteiger partial charge in [-0.1, -0.05) is 43.7 Å². The average molecular weight is 261 g/mol. The Hall–Kier alpha value is -1.35. The van der Waals surface area contributed by atoms with Crippen molar-refractivity contribution in [3.05, 3.63) is 35.9 Å². The van der Waals surface area contributed by atoms with Crippen molar-refractivity contribution in [1.29, 1.82) is 0 Å². The van der Waals surface area contributed by atoms with Crippen molar-refractivity contribution in [2.45, 2.75) is 51.2 Å². The van der Waals surface area contributed by atoms with Crippen LogP contribution in [0, 0.1) is 5.92 Å². The maximum atomic E-state index is 12.0. The van der Waals surface area contributed by atoms with Crippen LogP contribution in [0.5, 0.6) is 0 Å². The molecule has 19 heavy (non-hydrogen) atoms. The predicted molar refractivity (Wildman–Crippen MR) is 75.6 cm³/mol. The van der Waals surface area contributed by atoms with E-state index in [2.05, 4.69) is 12.2 Å². The summed E-state index contributed by atoms with van der Waals surface area (Å²) in [5.41, 5.74) is 0.655. The second-order valence-corrected chi connectivity index (χ2v) is 5.45. The van der Waals surface area contributed by atoms with Gasteiger partial charge in [0.2, 0.25) is 0 Å². The van der Waals surface area contributed by atoms with Gasteiger partial charge in [0.25, 0.3) is 5.91 Å². The van der Waals surface area contributed by atoms with Crippen LogP contribution in [0.25, 0.3) is 0 Å². The summed E-state index contributed by atoms with van der Waals surface area (Å²) in [5, 5.41) is 13.0. The molecule has 1 aromatic rings. The zero-order valence-corrected chi connectivity index (χ0v) is 11.5. The second-order valence-electron chi connectivity index (χ2n) is 5.45. The molecule has 1 aliphatic rings. The van der Waals surface area contributed by atoms with Crippen LogP contribution in [0.15, 0.2) is 30.3 Å². The Balaban J connectivity index is 1.85. The van der Waals surface area contributed by atoms with Gasteiger partial charge in [0.05, 0.1) is 0 Å². The molecule has 1 aromatic carbocycles. The summed E-state index contributed by atoms with van der Waals surface area (Å²) >= 11 is 0. The maximum Gasteiger partial charge on any atom is 0.253 e. The summed E-state index contributed by atoms with van der Waals surface area (Å²) < 4.78 is 0. The molecule has 3 nitrogen and oxygen atoms in total. The van der Waals surface area contributed by atoms with E-state index < -0.39 is 6.10 Å². The number of aliphatic hydroxyl groups excluding tert-OH is 1. The van der Waals surface area contributed by atoms with Gasteiger partial charge in [0.1, 0.15) is 0 Å². The van der Waals surface area contributed by atoms with Gasteiger partial charge in [0.15, 0.2) is 6.10 Å². The highest BCUT2D eigenvalue weighted by Crippen LogP contribution is 2.26. The van der Waals surface area contributed by atoms with Gasteiger partial charge in [-0.3, -0.25) is 4.79 Å². The SMILES string of the molecule is CCC1CCC(NC(=O)C(O)c2ccccc2)CC1.